The molecule has 1 aliphatic heterocycles. The summed E-state index contributed by atoms with van der Waals surface area (Å²) in [7, 11) is 0. The van der Waals surface area contributed by atoms with E-state index in [1.54, 1.807) is 12.4 Å². The van der Waals surface area contributed by atoms with Gasteiger partial charge in [0.15, 0.2) is 0 Å². The second-order valence-corrected chi connectivity index (χ2v) is 6.54. The number of carboxylic acid groups (broad SMARTS) is 1. The molecule has 1 atom stereocenters. The van der Waals surface area contributed by atoms with E-state index in [1.165, 1.54) is 0 Å². The van der Waals surface area contributed by atoms with Crippen molar-refractivity contribution in [1.29, 1.82) is 0 Å². The number of anilines is 1. The molecule has 7 heteroatoms. The minimum absolute atomic E-state index is 0.647. The van der Waals surface area contributed by atoms with Crippen molar-refractivity contribution in [2.24, 2.45) is 0 Å². The molecule has 7 nitrogen and oxygen atoms in total. The van der Waals surface area contributed by atoms with E-state index < -0.39 is 12.0 Å². The highest BCUT2D eigenvalue weighted by atomic mass is 16.4. The Bertz CT molecular complexity index is 873. The minimum Gasteiger partial charge on any atom is -0.480 e. The first-order chi connectivity index (χ1) is 13.2. The van der Waals surface area contributed by atoms with Gasteiger partial charge >= 0.3 is 5.97 Å². The predicted octanol–water partition coefficient (Wildman–Crippen LogP) is 2.42. The zero-order valence-electron chi connectivity index (χ0n) is 14.8. The summed E-state index contributed by atoms with van der Waals surface area (Å²) in [5.41, 5.74) is 2.69. The highest BCUT2D eigenvalue weighted by Crippen LogP contribution is 2.26. The fourth-order valence-corrected chi connectivity index (χ4v) is 3.52. The lowest BCUT2D eigenvalue weighted by Gasteiger charge is -2.38. The number of carboxylic acids is 1. The molecular formula is C20H21N5O2. The van der Waals surface area contributed by atoms with Gasteiger partial charge < -0.3 is 10.0 Å². The van der Waals surface area contributed by atoms with Crippen molar-refractivity contribution in [2.75, 3.05) is 31.1 Å². The van der Waals surface area contributed by atoms with Gasteiger partial charge in [-0.1, -0.05) is 30.3 Å². The van der Waals surface area contributed by atoms with Crippen LogP contribution in [0.4, 0.5) is 5.82 Å². The number of nitrogens with one attached hydrogen (secondary N) is 1. The molecule has 3 heterocycles. The molecule has 1 fully saturated rings. The second kappa shape index (κ2) is 7.59. The minimum atomic E-state index is -0.824. The third-order valence-corrected chi connectivity index (χ3v) is 4.92. The van der Waals surface area contributed by atoms with E-state index in [0.717, 1.165) is 35.7 Å². The Morgan fingerprint density at radius 2 is 1.78 bits per heavy atom. The Labute approximate surface area is 157 Å². The molecule has 0 bridgehead atoms. The number of aromatic nitrogens is 3. The molecule has 3 aromatic rings. The van der Waals surface area contributed by atoms with E-state index >= 15 is 0 Å². The van der Waals surface area contributed by atoms with Crippen molar-refractivity contribution in [1.82, 2.24) is 20.1 Å². The molecule has 2 N–H and O–H groups in total. The van der Waals surface area contributed by atoms with E-state index in [2.05, 4.69) is 20.1 Å². The largest absolute Gasteiger partial charge is 0.480 e. The number of carbonyl (C=O) groups is 1. The van der Waals surface area contributed by atoms with E-state index in [9.17, 15) is 9.90 Å². The van der Waals surface area contributed by atoms with Crippen LogP contribution in [-0.2, 0) is 4.79 Å². The summed E-state index contributed by atoms with van der Waals surface area (Å²) in [6.07, 6.45) is 3.48. The van der Waals surface area contributed by atoms with Crippen molar-refractivity contribution in [2.45, 2.75) is 6.04 Å². The van der Waals surface area contributed by atoms with Gasteiger partial charge in [0.05, 0.1) is 5.69 Å². The number of piperazine rings is 1. The van der Waals surface area contributed by atoms with E-state index in [-0.39, 0.29) is 0 Å². The van der Waals surface area contributed by atoms with Crippen molar-refractivity contribution in [3.05, 3.63) is 66.5 Å². The van der Waals surface area contributed by atoms with Gasteiger partial charge in [-0.15, -0.1) is 0 Å². The third kappa shape index (κ3) is 3.68. The molecule has 1 saturated heterocycles. The first-order valence-electron chi connectivity index (χ1n) is 8.95. The number of nitrogens with zero attached hydrogens (tertiary/aromatic N) is 4. The Morgan fingerprint density at radius 3 is 2.37 bits per heavy atom. The van der Waals surface area contributed by atoms with Gasteiger partial charge in [-0.3, -0.25) is 14.8 Å². The molecule has 1 aliphatic rings. The van der Waals surface area contributed by atoms with Crippen molar-refractivity contribution in [3.8, 4) is 11.3 Å². The maximum absolute atomic E-state index is 12.0. The molecule has 0 amide bonds. The molecule has 1 aromatic carbocycles. The van der Waals surface area contributed by atoms with Crippen LogP contribution in [0.2, 0.25) is 0 Å². The SMILES string of the molecule is O=C(O)C(c1ccc(-c2ccn[nH]2)cc1)N1CCN(c2ccccn2)CC1. The van der Waals surface area contributed by atoms with E-state index in [1.807, 2.05) is 53.4 Å². The fraction of sp³-hybridized carbons (Fsp3) is 0.250. The zero-order chi connectivity index (χ0) is 18.6. The van der Waals surface area contributed by atoms with E-state index in [0.29, 0.717) is 13.1 Å². The molecular weight excluding hydrogens is 342 g/mol. The van der Waals surface area contributed by atoms with Crippen LogP contribution in [0.25, 0.3) is 11.3 Å². The van der Waals surface area contributed by atoms with Gasteiger partial charge in [0.1, 0.15) is 11.9 Å². The van der Waals surface area contributed by atoms with Gasteiger partial charge in [-0.05, 0) is 29.3 Å². The standard InChI is InChI=1S/C20H21N5O2/c26-20(27)19(16-6-4-15(5-7-16)17-8-10-22-23-17)25-13-11-24(12-14-25)18-3-1-2-9-21-18/h1-10,19H,11-14H2,(H,22,23)(H,26,27). The number of rotatable bonds is 5. The van der Waals surface area contributed by atoms with E-state index in [4.69, 9.17) is 0 Å². The lowest BCUT2D eigenvalue weighted by Crippen LogP contribution is -2.49. The maximum atomic E-state index is 12.0. The highest BCUT2D eigenvalue weighted by Gasteiger charge is 2.30. The smallest absolute Gasteiger partial charge is 0.325 e. The number of aromatic amines is 1. The van der Waals surface area contributed by atoms with Gasteiger partial charge in [-0.2, -0.15) is 5.10 Å². The molecule has 27 heavy (non-hydrogen) atoms. The number of benzene rings is 1. The van der Waals surface area contributed by atoms with Crippen LogP contribution in [0.5, 0.6) is 0 Å². The van der Waals surface area contributed by atoms with Gasteiger partial charge in [0.25, 0.3) is 0 Å². The second-order valence-electron chi connectivity index (χ2n) is 6.54. The van der Waals surface area contributed by atoms with Crippen LogP contribution in [0.1, 0.15) is 11.6 Å². The monoisotopic (exact) mass is 363 g/mol. The zero-order valence-corrected chi connectivity index (χ0v) is 14.8. The summed E-state index contributed by atoms with van der Waals surface area (Å²) in [4.78, 5) is 20.6. The van der Waals surface area contributed by atoms with Gasteiger partial charge in [0.2, 0.25) is 0 Å². The molecule has 2 aromatic heterocycles. The summed E-state index contributed by atoms with van der Waals surface area (Å²) >= 11 is 0. The third-order valence-electron chi connectivity index (χ3n) is 4.92. The lowest BCUT2D eigenvalue weighted by atomic mass is 10.0. The quantitative estimate of drug-likeness (QED) is 0.724. The Hall–Kier alpha value is -3.19. The van der Waals surface area contributed by atoms with Crippen molar-refractivity contribution >= 4 is 11.8 Å². The first kappa shape index (κ1) is 17.2. The molecule has 0 aliphatic carbocycles. The molecule has 4 rings (SSSR count). The summed E-state index contributed by atoms with van der Waals surface area (Å²) in [6, 6.07) is 14.7. The number of aliphatic carboxylic acids is 1. The number of hydrogen-bond donors (Lipinski definition) is 2. The molecule has 0 radical (unpaired) electrons. The van der Waals surface area contributed by atoms with Crippen molar-refractivity contribution < 1.29 is 9.90 Å². The lowest BCUT2D eigenvalue weighted by molar-refractivity contribution is -0.143. The Balaban J connectivity index is 1.48. The van der Waals surface area contributed by atoms with Crippen LogP contribution >= 0.6 is 0 Å². The van der Waals surface area contributed by atoms with Gasteiger partial charge in [0, 0.05) is 38.6 Å². The topological polar surface area (TPSA) is 85.3 Å². The van der Waals surface area contributed by atoms with Crippen LogP contribution in [0.3, 0.4) is 0 Å². The molecule has 138 valence electrons. The van der Waals surface area contributed by atoms with Crippen LogP contribution < -0.4 is 4.90 Å². The Kier molecular flexibility index (Phi) is 4.84. The molecule has 1 unspecified atom stereocenters. The number of hydrogen-bond acceptors (Lipinski definition) is 5. The average molecular weight is 363 g/mol. The molecule has 0 spiro atoms. The van der Waals surface area contributed by atoms with Crippen LogP contribution in [-0.4, -0.2) is 57.3 Å². The highest BCUT2D eigenvalue weighted by molar-refractivity contribution is 5.76. The summed E-state index contributed by atoms with van der Waals surface area (Å²) in [5, 5.41) is 16.7. The predicted molar refractivity (Wildman–Crippen MR) is 102 cm³/mol. The Morgan fingerprint density at radius 1 is 1.00 bits per heavy atom. The first-order valence-corrected chi connectivity index (χ1v) is 8.95. The van der Waals surface area contributed by atoms with Crippen LogP contribution in [0, 0.1) is 0 Å². The maximum Gasteiger partial charge on any atom is 0.325 e. The normalized spacial score (nSPS) is 16.2. The fourth-order valence-electron chi connectivity index (χ4n) is 3.52. The molecule has 0 saturated carbocycles. The van der Waals surface area contributed by atoms with Crippen molar-refractivity contribution in [3.63, 3.8) is 0 Å². The number of H-pyrrole nitrogens is 1. The summed E-state index contributed by atoms with van der Waals surface area (Å²) < 4.78 is 0. The average Bonchev–Trinajstić information content (AvgIpc) is 3.25. The summed E-state index contributed by atoms with van der Waals surface area (Å²) in [5.74, 6) is 0.114. The summed E-state index contributed by atoms with van der Waals surface area (Å²) in [6.45, 7) is 2.87. The van der Waals surface area contributed by atoms with Gasteiger partial charge in [-0.25, -0.2) is 4.98 Å². The van der Waals surface area contributed by atoms with Crippen LogP contribution in [0.15, 0.2) is 60.9 Å². The number of pyridine rings is 1.